The van der Waals surface area contributed by atoms with Crippen molar-refractivity contribution in [1.29, 1.82) is 0 Å². The number of rotatable bonds is 4. The fourth-order valence-corrected chi connectivity index (χ4v) is 12.2. The Kier molecular flexibility index (Phi) is 7.27. The van der Waals surface area contributed by atoms with Crippen molar-refractivity contribution in [1.82, 2.24) is 0 Å². The van der Waals surface area contributed by atoms with Gasteiger partial charge in [0.25, 0.3) is 0 Å². The van der Waals surface area contributed by atoms with Crippen molar-refractivity contribution < 1.29 is 4.57 Å². The summed E-state index contributed by atoms with van der Waals surface area (Å²) in [4.78, 5) is 0. The molecule has 0 atom stereocenters. The molecule has 0 amide bonds. The molecular weight excluding hydrogens is 720 g/mol. The predicted octanol–water partition coefficient (Wildman–Crippen LogP) is 14.2. The molecule has 12 aromatic rings. The second-order valence-corrected chi connectivity index (χ2v) is 18.3. The van der Waals surface area contributed by atoms with Gasteiger partial charge in [-0.05, 0) is 116 Å². The molecule has 12 aromatic carbocycles. The van der Waals surface area contributed by atoms with E-state index in [0.29, 0.717) is 0 Å². The van der Waals surface area contributed by atoms with Crippen molar-refractivity contribution in [3.8, 4) is 11.1 Å². The molecule has 12 rings (SSSR count). The van der Waals surface area contributed by atoms with E-state index >= 15 is 4.57 Å². The summed E-state index contributed by atoms with van der Waals surface area (Å²) in [5, 5.41) is 21.5. The van der Waals surface area contributed by atoms with Crippen LogP contribution in [0.25, 0.3) is 97.3 Å². The lowest BCUT2D eigenvalue weighted by atomic mass is 9.88. The first-order chi connectivity index (χ1) is 28.6. The molecule has 0 radical (unpaired) electrons. The van der Waals surface area contributed by atoms with Gasteiger partial charge >= 0.3 is 0 Å². The maximum absolute atomic E-state index is 16.5. The van der Waals surface area contributed by atoms with Crippen LogP contribution < -0.4 is 15.9 Å². The molecule has 0 fully saturated rings. The lowest BCUT2D eigenvalue weighted by Crippen LogP contribution is -2.25. The van der Waals surface area contributed by atoms with Crippen LogP contribution >= 0.6 is 7.14 Å². The Morgan fingerprint density at radius 3 is 1.00 bits per heavy atom. The van der Waals surface area contributed by atoms with Gasteiger partial charge in [0.1, 0.15) is 0 Å². The highest BCUT2D eigenvalue weighted by Gasteiger charge is 2.31. The van der Waals surface area contributed by atoms with Crippen LogP contribution in [0.1, 0.15) is 0 Å². The van der Waals surface area contributed by atoms with Gasteiger partial charge in [-0.3, -0.25) is 0 Å². The van der Waals surface area contributed by atoms with Crippen molar-refractivity contribution in [3.05, 3.63) is 212 Å². The number of hydrogen-bond acceptors (Lipinski definition) is 1. The minimum Gasteiger partial charge on any atom is -0.309 e. The molecule has 0 aromatic heterocycles. The normalized spacial score (nSPS) is 12.2. The molecule has 2 heteroatoms. The summed E-state index contributed by atoms with van der Waals surface area (Å²) in [7, 11) is -3.41. The van der Waals surface area contributed by atoms with E-state index in [9.17, 15) is 0 Å². The molecule has 0 heterocycles. The van der Waals surface area contributed by atoms with Crippen molar-refractivity contribution in [2.75, 3.05) is 0 Å². The first-order valence-corrected chi connectivity index (χ1v) is 21.6. The lowest BCUT2D eigenvalue weighted by molar-refractivity contribution is 0.592. The van der Waals surface area contributed by atoms with Crippen molar-refractivity contribution in [2.45, 2.75) is 0 Å². The second-order valence-electron chi connectivity index (χ2n) is 15.6. The van der Waals surface area contributed by atoms with Crippen LogP contribution in [-0.2, 0) is 4.57 Å². The van der Waals surface area contributed by atoms with Crippen LogP contribution in [0.5, 0.6) is 0 Å². The summed E-state index contributed by atoms with van der Waals surface area (Å²) in [6, 6.07) is 75.9. The topological polar surface area (TPSA) is 17.1 Å². The molecule has 0 spiro atoms. The molecule has 0 saturated carbocycles. The standard InChI is InChI=1S/C56H35OP/c57-58(44-29-21-40-19-17-36-9-1-5-13-46(36)52(40)33-44,45-30-22-41-20-18-37-10-2-6-14-47(37)53(41)34-45)43-27-23-42(24-28-43)56-50-31-25-38-11-3-7-15-48(38)54(50)35-55-49-16-8-4-12-39(49)26-32-51(55)56/h1-35H. The molecule has 0 aliphatic rings. The van der Waals surface area contributed by atoms with Gasteiger partial charge in [0, 0.05) is 15.9 Å². The van der Waals surface area contributed by atoms with Gasteiger partial charge in [-0.25, -0.2) is 0 Å². The summed E-state index contributed by atoms with van der Waals surface area (Å²) < 4.78 is 16.5. The van der Waals surface area contributed by atoms with E-state index in [0.717, 1.165) is 53.8 Å². The zero-order chi connectivity index (χ0) is 38.4. The van der Waals surface area contributed by atoms with Crippen LogP contribution in [-0.4, -0.2) is 0 Å². The minimum absolute atomic E-state index is 0.816. The van der Waals surface area contributed by atoms with Gasteiger partial charge < -0.3 is 4.57 Å². The Morgan fingerprint density at radius 2 is 0.569 bits per heavy atom. The molecule has 0 N–H and O–H groups in total. The second kappa shape index (κ2) is 12.7. The fourth-order valence-electron chi connectivity index (χ4n) is 9.60. The minimum atomic E-state index is -3.41. The predicted molar refractivity (Wildman–Crippen MR) is 251 cm³/mol. The van der Waals surface area contributed by atoms with Crippen LogP contribution in [0, 0.1) is 0 Å². The van der Waals surface area contributed by atoms with Crippen molar-refractivity contribution >= 4 is 109 Å². The summed E-state index contributed by atoms with van der Waals surface area (Å²) in [5.41, 5.74) is 2.30. The molecule has 270 valence electrons. The quantitative estimate of drug-likeness (QED) is 0.0993. The Morgan fingerprint density at radius 1 is 0.241 bits per heavy atom. The Hall–Kier alpha value is -7.05. The number of fused-ring (bicyclic) bond motifs is 12. The number of hydrogen-bond donors (Lipinski definition) is 0. The van der Waals surface area contributed by atoms with E-state index in [1.807, 2.05) is 0 Å². The van der Waals surface area contributed by atoms with E-state index in [1.54, 1.807) is 0 Å². The molecule has 0 bridgehead atoms. The third-order valence-corrected chi connectivity index (χ3v) is 15.5. The van der Waals surface area contributed by atoms with E-state index in [2.05, 4.69) is 212 Å². The van der Waals surface area contributed by atoms with Crippen LogP contribution in [0.2, 0.25) is 0 Å². The van der Waals surface area contributed by atoms with Gasteiger partial charge in [0.05, 0.1) is 0 Å². The first kappa shape index (κ1) is 33.1. The average molecular weight is 755 g/mol. The van der Waals surface area contributed by atoms with Crippen molar-refractivity contribution in [3.63, 3.8) is 0 Å². The van der Waals surface area contributed by atoms with Crippen LogP contribution in [0.15, 0.2) is 212 Å². The molecule has 1 nitrogen and oxygen atoms in total. The number of benzene rings is 12. The van der Waals surface area contributed by atoms with Gasteiger partial charge in [-0.1, -0.05) is 194 Å². The summed E-state index contributed by atoms with van der Waals surface area (Å²) >= 11 is 0. The Bertz CT molecular complexity index is 3490. The highest BCUT2D eigenvalue weighted by Crippen LogP contribution is 2.46. The maximum Gasteiger partial charge on any atom is 0.171 e. The van der Waals surface area contributed by atoms with Gasteiger partial charge in [-0.15, -0.1) is 0 Å². The smallest absolute Gasteiger partial charge is 0.171 e. The summed E-state index contributed by atoms with van der Waals surface area (Å²) in [6.45, 7) is 0. The zero-order valence-electron chi connectivity index (χ0n) is 31.6. The molecular formula is C56H35OP. The van der Waals surface area contributed by atoms with Gasteiger partial charge in [-0.2, -0.15) is 0 Å². The average Bonchev–Trinajstić information content (AvgIpc) is 3.30. The summed E-state index contributed by atoms with van der Waals surface area (Å²) in [6.07, 6.45) is 0. The van der Waals surface area contributed by atoms with E-state index in [1.165, 1.54) is 59.4 Å². The zero-order valence-corrected chi connectivity index (χ0v) is 32.5. The molecule has 0 saturated heterocycles. The fraction of sp³-hybridized carbons (Fsp3) is 0. The van der Waals surface area contributed by atoms with Crippen LogP contribution in [0.4, 0.5) is 0 Å². The third kappa shape index (κ3) is 4.94. The monoisotopic (exact) mass is 754 g/mol. The van der Waals surface area contributed by atoms with Gasteiger partial charge in [0.15, 0.2) is 7.14 Å². The van der Waals surface area contributed by atoms with E-state index < -0.39 is 7.14 Å². The maximum atomic E-state index is 16.5. The van der Waals surface area contributed by atoms with E-state index in [-0.39, 0.29) is 0 Å². The SMILES string of the molecule is O=P(c1ccc(-c2c3ccc4ccccc4c3cc3c2ccc2ccccc23)cc1)(c1ccc2ccc3ccccc3c2c1)c1ccc2ccc3ccccc3c2c1. The Balaban J connectivity index is 1.12. The lowest BCUT2D eigenvalue weighted by Gasteiger charge is -2.22. The van der Waals surface area contributed by atoms with E-state index in [4.69, 9.17) is 0 Å². The molecule has 58 heavy (non-hydrogen) atoms. The van der Waals surface area contributed by atoms with Gasteiger partial charge in [0.2, 0.25) is 0 Å². The highest BCUT2D eigenvalue weighted by molar-refractivity contribution is 7.85. The van der Waals surface area contributed by atoms with Crippen LogP contribution in [0.3, 0.4) is 0 Å². The largest absolute Gasteiger partial charge is 0.309 e. The first-order valence-electron chi connectivity index (χ1n) is 19.9. The molecule has 0 aliphatic heterocycles. The molecule has 0 aliphatic carbocycles. The molecule has 0 unspecified atom stereocenters. The van der Waals surface area contributed by atoms with Crippen molar-refractivity contribution in [2.24, 2.45) is 0 Å². The highest BCUT2D eigenvalue weighted by atomic mass is 31.2. The summed E-state index contributed by atoms with van der Waals surface area (Å²) in [5.74, 6) is 0. The third-order valence-electron chi connectivity index (χ3n) is 12.5. The Labute approximate surface area is 335 Å².